The number of fused-ring (bicyclic) bond motifs is 1. The van der Waals surface area contributed by atoms with E-state index in [-0.39, 0.29) is 24.5 Å². The summed E-state index contributed by atoms with van der Waals surface area (Å²) in [5.41, 5.74) is 3.07. The molecule has 0 amide bonds. The molecule has 262 valence electrons. The normalized spacial score (nSPS) is 15.8. The summed E-state index contributed by atoms with van der Waals surface area (Å²) in [6.07, 6.45) is 8.43. The molecule has 1 aliphatic heterocycles. The van der Waals surface area contributed by atoms with Crippen LogP contribution in [0.5, 0.6) is 11.5 Å². The number of pyridine rings is 1. The fraction of sp³-hybridized carbons (Fsp3) is 0.429. The molecule has 2 fully saturated rings. The number of rotatable bonds is 16. The SMILES string of the molecule is CSN(CCN1CCOCC1)c1ccc2c(ccn2CC(=O)OC(Cc2c(Cl)c[nH+]cc2Cl)c2ccc(OC(F)F)c(OCC3CC3)c2)c1. The lowest BCUT2D eigenvalue weighted by Gasteiger charge is -2.30. The number of aromatic amines is 1. The minimum atomic E-state index is -3.02. The molecule has 0 radical (unpaired) electrons. The predicted octanol–water partition coefficient (Wildman–Crippen LogP) is 7.10. The van der Waals surface area contributed by atoms with Gasteiger partial charge in [0, 0.05) is 67.2 Å². The Morgan fingerprint density at radius 3 is 2.57 bits per heavy atom. The van der Waals surface area contributed by atoms with Crippen LogP contribution in [0.1, 0.15) is 30.1 Å². The maximum absolute atomic E-state index is 13.6. The Morgan fingerprint density at radius 1 is 1.08 bits per heavy atom. The Hall–Kier alpha value is -3.29. The fourth-order valence-corrected chi connectivity index (χ4v) is 6.93. The van der Waals surface area contributed by atoms with Gasteiger partial charge >= 0.3 is 12.6 Å². The second-order valence-electron chi connectivity index (χ2n) is 12.1. The van der Waals surface area contributed by atoms with E-state index in [9.17, 15) is 13.6 Å². The van der Waals surface area contributed by atoms with Crippen molar-refractivity contribution in [2.45, 2.75) is 38.5 Å². The van der Waals surface area contributed by atoms with Gasteiger partial charge in [-0.25, -0.2) is 4.98 Å². The Bertz CT molecular complexity index is 1720. The van der Waals surface area contributed by atoms with E-state index in [1.807, 2.05) is 22.9 Å². The number of esters is 1. The van der Waals surface area contributed by atoms with Gasteiger partial charge < -0.3 is 27.8 Å². The second kappa shape index (κ2) is 16.6. The standard InChI is InChI=1S/C35H38Cl2F2N4O5S/c1-49-43(11-10-41-12-14-45-15-13-41)26-5-6-30-24(16-26)8-9-42(30)21-34(44)47-32(18-27-28(36)19-40-20-29(27)37)25-4-7-31(48-35(38)39)33(17-25)46-22-23-2-3-23/h4-9,16-17,19-20,23,32,35H,2-3,10-15,18,21-22H2,1H3/p+1. The molecule has 0 spiro atoms. The first kappa shape index (κ1) is 35.5. The number of ether oxygens (including phenoxy) is 4. The number of halogens is 4. The summed E-state index contributed by atoms with van der Waals surface area (Å²) in [5.74, 6) is -0.0536. The summed E-state index contributed by atoms with van der Waals surface area (Å²) in [6, 6.07) is 12.7. The molecule has 1 N–H and O–H groups in total. The molecular weight excluding hydrogens is 697 g/mol. The van der Waals surface area contributed by atoms with Crippen molar-refractivity contribution in [3.63, 3.8) is 0 Å². The van der Waals surface area contributed by atoms with Gasteiger partial charge in [-0.2, -0.15) is 8.78 Å². The van der Waals surface area contributed by atoms with Crippen LogP contribution in [0, 0.1) is 5.92 Å². The summed E-state index contributed by atoms with van der Waals surface area (Å²) in [7, 11) is 0. The largest absolute Gasteiger partial charge is 0.489 e. The highest BCUT2D eigenvalue weighted by molar-refractivity contribution is 7.99. The van der Waals surface area contributed by atoms with E-state index < -0.39 is 18.7 Å². The number of anilines is 1. The molecule has 49 heavy (non-hydrogen) atoms. The van der Waals surface area contributed by atoms with Crippen LogP contribution in [-0.4, -0.2) is 74.3 Å². The van der Waals surface area contributed by atoms with Crippen molar-refractivity contribution in [3.8, 4) is 11.5 Å². The molecule has 6 rings (SSSR count). The molecule has 1 saturated heterocycles. The minimum absolute atomic E-state index is 0.0513. The van der Waals surface area contributed by atoms with Gasteiger partial charge in [-0.1, -0.05) is 41.2 Å². The molecule has 1 aliphatic carbocycles. The van der Waals surface area contributed by atoms with Crippen LogP contribution in [0.4, 0.5) is 14.5 Å². The summed E-state index contributed by atoms with van der Waals surface area (Å²) >= 11 is 14.7. The van der Waals surface area contributed by atoms with Crippen molar-refractivity contribution in [2.24, 2.45) is 5.92 Å². The summed E-state index contributed by atoms with van der Waals surface area (Å²) in [5, 5.41) is 1.74. The number of H-pyrrole nitrogens is 1. The van der Waals surface area contributed by atoms with Gasteiger partial charge in [0.15, 0.2) is 23.9 Å². The lowest BCUT2D eigenvalue weighted by molar-refractivity contribution is -0.377. The maximum atomic E-state index is 13.6. The summed E-state index contributed by atoms with van der Waals surface area (Å²) in [6.45, 7) is 2.56. The van der Waals surface area contributed by atoms with E-state index in [0.29, 0.717) is 33.7 Å². The van der Waals surface area contributed by atoms with Crippen LogP contribution in [0.15, 0.2) is 61.1 Å². The van der Waals surface area contributed by atoms with Crippen molar-refractivity contribution < 1.29 is 37.5 Å². The molecule has 9 nitrogen and oxygen atoms in total. The number of aromatic nitrogens is 2. The van der Waals surface area contributed by atoms with Crippen LogP contribution >= 0.6 is 35.1 Å². The zero-order valence-electron chi connectivity index (χ0n) is 27.1. The van der Waals surface area contributed by atoms with Gasteiger partial charge in [0.2, 0.25) is 0 Å². The van der Waals surface area contributed by atoms with E-state index >= 15 is 0 Å². The lowest BCUT2D eigenvalue weighted by Crippen LogP contribution is -2.40. The highest BCUT2D eigenvalue weighted by Gasteiger charge is 2.26. The number of morpholine rings is 1. The van der Waals surface area contributed by atoms with Gasteiger partial charge in [-0.05, 0) is 60.7 Å². The monoisotopic (exact) mass is 735 g/mol. The van der Waals surface area contributed by atoms with E-state index in [2.05, 4.69) is 32.6 Å². The van der Waals surface area contributed by atoms with E-state index in [4.69, 9.17) is 42.1 Å². The van der Waals surface area contributed by atoms with Crippen LogP contribution in [0.25, 0.3) is 10.9 Å². The Labute approximate surface area is 298 Å². The first-order valence-electron chi connectivity index (χ1n) is 16.2. The molecule has 1 saturated carbocycles. The summed E-state index contributed by atoms with van der Waals surface area (Å²) < 4.78 is 52.7. The van der Waals surface area contributed by atoms with Gasteiger partial charge in [-0.15, -0.1) is 0 Å². The third-order valence-electron chi connectivity index (χ3n) is 8.67. The molecule has 4 aromatic rings. The van der Waals surface area contributed by atoms with Crippen molar-refractivity contribution in [2.75, 3.05) is 56.6 Å². The third kappa shape index (κ3) is 9.49. The highest BCUT2D eigenvalue weighted by atomic mass is 35.5. The Morgan fingerprint density at radius 2 is 1.86 bits per heavy atom. The maximum Gasteiger partial charge on any atom is 0.387 e. The fourth-order valence-electron chi connectivity index (χ4n) is 5.81. The number of benzene rings is 2. The van der Waals surface area contributed by atoms with Crippen molar-refractivity contribution in [1.82, 2.24) is 9.47 Å². The number of carbonyl (C=O) groups excluding carboxylic acids is 1. The first-order valence-corrected chi connectivity index (χ1v) is 18.2. The van der Waals surface area contributed by atoms with Crippen LogP contribution in [0.2, 0.25) is 10.0 Å². The number of nitrogens with zero attached hydrogens (tertiary/aromatic N) is 3. The third-order valence-corrected chi connectivity index (χ3v) is 10.2. The van der Waals surface area contributed by atoms with Gasteiger partial charge in [0.1, 0.15) is 22.7 Å². The van der Waals surface area contributed by atoms with Crippen LogP contribution in [-0.2, 0) is 27.2 Å². The zero-order chi connectivity index (χ0) is 34.3. The molecule has 1 unspecified atom stereocenters. The topological polar surface area (TPSA) is 79.5 Å². The Balaban J connectivity index is 1.20. The molecule has 3 heterocycles. The zero-order valence-corrected chi connectivity index (χ0v) is 29.4. The molecule has 0 bridgehead atoms. The smallest absolute Gasteiger partial charge is 0.387 e. The van der Waals surface area contributed by atoms with Crippen LogP contribution in [0.3, 0.4) is 0 Å². The number of carbonyl (C=O) groups is 1. The van der Waals surface area contributed by atoms with Crippen molar-refractivity contribution in [3.05, 3.63) is 82.2 Å². The predicted molar refractivity (Wildman–Crippen MR) is 187 cm³/mol. The van der Waals surface area contributed by atoms with Crippen LogP contribution < -0.4 is 18.8 Å². The van der Waals surface area contributed by atoms with E-state index in [0.717, 1.165) is 68.8 Å². The highest BCUT2D eigenvalue weighted by Crippen LogP contribution is 2.38. The van der Waals surface area contributed by atoms with Gasteiger partial charge in [-0.3, -0.25) is 9.69 Å². The average Bonchev–Trinajstić information content (AvgIpc) is 3.85. The quantitative estimate of drug-likeness (QED) is 0.0892. The molecule has 1 atom stereocenters. The first-order chi connectivity index (χ1) is 23.8. The molecule has 14 heteroatoms. The molecule has 2 aromatic heterocycles. The van der Waals surface area contributed by atoms with E-state index in [1.165, 1.54) is 6.07 Å². The van der Waals surface area contributed by atoms with E-state index in [1.54, 1.807) is 36.5 Å². The van der Waals surface area contributed by atoms with Gasteiger partial charge in [0.25, 0.3) is 0 Å². The molecule has 2 aliphatic rings. The second-order valence-corrected chi connectivity index (χ2v) is 13.7. The van der Waals surface area contributed by atoms with Crippen molar-refractivity contribution in [1.29, 1.82) is 0 Å². The number of alkyl halides is 2. The Kier molecular flexibility index (Phi) is 12.0. The minimum Gasteiger partial charge on any atom is -0.489 e. The number of nitrogens with one attached hydrogen (secondary N) is 1. The number of hydrogen-bond acceptors (Lipinski definition) is 8. The summed E-state index contributed by atoms with van der Waals surface area (Å²) in [4.78, 5) is 18.9. The van der Waals surface area contributed by atoms with Gasteiger partial charge in [0.05, 0.1) is 19.8 Å². The average molecular weight is 737 g/mol. The number of hydrogen-bond donors (Lipinski definition) is 0. The lowest BCUT2D eigenvalue weighted by atomic mass is 10.0. The molecular formula is C35H39Cl2F2N4O5S+. The molecule has 2 aromatic carbocycles. The van der Waals surface area contributed by atoms with Crippen molar-refractivity contribution >= 4 is 57.7 Å².